The molecule has 124 valence electrons. The van der Waals surface area contributed by atoms with Gasteiger partial charge in [0.1, 0.15) is 6.10 Å². The molecule has 1 aromatic rings. The van der Waals surface area contributed by atoms with Crippen LogP contribution >= 0.6 is 0 Å². The molecular weight excluding hydrogens is 298 g/mol. The molecule has 0 radical (unpaired) electrons. The lowest BCUT2D eigenvalue weighted by molar-refractivity contribution is -0.114. The first-order valence-corrected chi connectivity index (χ1v) is 7.78. The number of para-hydroxylation sites is 1. The summed E-state index contributed by atoms with van der Waals surface area (Å²) in [6.07, 6.45) is -0.633. The molecule has 2 saturated heterocycles. The van der Waals surface area contributed by atoms with E-state index >= 15 is 0 Å². The minimum absolute atomic E-state index is 0.0138. The molecule has 0 bridgehead atoms. The van der Waals surface area contributed by atoms with E-state index in [4.69, 9.17) is 14.2 Å². The Morgan fingerprint density at radius 2 is 1.96 bits per heavy atom. The van der Waals surface area contributed by atoms with Crippen LogP contribution in [0.15, 0.2) is 18.2 Å². The van der Waals surface area contributed by atoms with Gasteiger partial charge in [-0.25, -0.2) is 4.79 Å². The smallest absolute Gasteiger partial charge is 0.340 e. The highest BCUT2D eigenvalue weighted by Crippen LogP contribution is 2.33. The summed E-state index contributed by atoms with van der Waals surface area (Å²) in [6.45, 7) is 6.26. The Kier molecular flexibility index (Phi) is 4.37. The van der Waals surface area contributed by atoms with Gasteiger partial charge in [0.15, 0.2) is 6.10 Å². The molecule has 2 aliphatic heterocycles. The average molecular weight is 319 g/mol. The minimum atomic E-state index is -0.477. The van der Waals surface area contributed by atoms with Crippen LogP contribution < -0.4 is 5.32 Å². The maximum Gasteiger partial charge on any atom is 0.340 e. The van der Waals surface area contributed by atoms with Crippen molar-refractivity contribution in [2.75, 3.05) is 18.5 Å². The highest BCUT2D eigenvalue weighted by atomic mass is 16.6. The number of benzene rings is 1. The molecule has 2 aliphatic rings. The summed E-state index contributed by atoms with van der Waals surface area (Å²) in [6, 6.07) is 5.24. The third-order valence-corrected chi connectivity index (χ3v) is 4.31. The highest BCUT2D eigenvalue weighted by Gasteiger charge is 2.47. The lowest BCUT2D eigenvalue weighted by atomic mass is 10.0. The van der Waals surface area contributed by atoms with Gasteiger partial charge in [-0.05, 0) is 18.6 Å². The van der Waals surface area contributed by atoms with Crippen LogP contribution in [-0.4, -0.2) is 43.4 Å². The van der Waals surface area contributed by atoms with Gasteiger partial charge in [-0.3, -0.25) is 4.79 Å². The number of rotatable bonds is 3. The number of carbonyl (C=O) groups excluding carboxylic acids is 2. The average Bonchev–Trinajstić information content (AvgIpc) is 3.05. The minimum Gasteiger partial charge on any atom is -0.453 e. The van der Waals surface area contributed by atoms with Crippen LogP contribution in [0.3, 0.4) is 0 Å². The van der Waals surface area contributed by atoms with Crippen LogP contribution in [0.4, 0.5) is 5.69 Å². The molecule has 0 aliphatic carbocycles. The molecule has 2 fully saturated rings. The standard InChI is InChI=1S/C17H21NO5/c1-9-5-4-6-12(14(9)18-11(3)19)17(20)23-13-8-22-15-10(2)7-21-16(13)15/h4-6,10,13,15-16H,7-8H2,1-3H3,(H,18,19)/t10?,13-,15-,16-/m1/s1. The van der Waals surface area contributed by atoms with E-state index < -0.39 is 12.1 Å². The first-order valence-electron chi connectivity index (χ1n) is 7.78. The van der Waals surface area contributed by atoms with Crippen LogP contribution in [0.1, 0.15) is 29.8 Å². The van der Waals surface area contributed by atoms with Crippen molar-refractivity contribution >= 4 is 17.6 Å². The van der Waals surface area contributed by atoms with Gasteiger partial charge in [0.25, 0.3) is 0 Å². The fourth-order valence-electron chi connectivity index (χ4n) is 3.14. The molecule has 1 unspecified atom stereocenters. The number of hydrogen-bond acceptors (Lipinski definition) is 5. The summed E-state index contributed by atoms with van der Waals surface area (Å²) in [5, 5.41) is 2.70. The van der Waals surface area contributed by atoms with Gasteiger partial charge in [0.2, 0.25) is 5.91 Å². The normalized spacial score (nSPS) is 29.2. The van der Waals surface area contributed by atoms with Crippen molar-refractivity contribution < 1.29 is 23.8 Å². The molecule has 2 heterocycles. The zero-order valence-corrected chi connectivity index (χ0v) is 13.5. The van der Waals surface area contributed by atoms with Crippen molar-refractivity contribution in [2.24, 2.45) is 5.92 Å². The number of ether oxygens (including phenoxy) is 3. The van der Waals surface area contributed by atoms with Crippen molar-refractivity contribution in [1.29, 1.82) is 0 Å². The number of aryl methyl sites for hydroxylation is 1. The van der Waals surface area contributed by atoms with Crippen LogP contribution in [0.2, 0.25) is 0 Å². The summed E-state index contributed by atoms with van der Waals surface area (Å²) in [7, 11) is 0. The lowest BCUT2D eigenvalue weighted by Gasteiger charge is -2.18. The molecule has 1 N–H and O–H groups in total. The molecule has 23 heavy (non-hydrogen) atoms. The van der Waals surface area contributed by atoms with Gasteiger partial charge in [0.05, 0.1) is 30.6 Å². The Hall–Kier alpha value is -1.92. The molecule has 3 rings (SSSR count). The second-order valence-corrected chi connectivity index (χ2v) is 6.20. The van der Waals surface area contributed by atoms with Crippen LogP contribution in [0.25, 0.3) is 0 Å². The molecule has 6 heteroatoms. The predicted molar refractivity (Wildman–Crippen MR) is 83.3 cm³/mol. The quantitative estimate of drug-likeness (QED) is 0.862. The summed E-state index contributed by atoms with van der Waals surface area (Å²) in [4.78, 5) is 23.9. The van der Waals surface area contributed by atoms with E-state index in [1.54, 1.807) is 12.1 Å². The fourth-order valence-corrected chi connectivity index (χ4v) is 3.14. The molecular formula is C17H21NO5. The number of fused-ring (bicyclic) bond motifs is 1. The molecule has 0 saturated carbocycles. The van der Waals surface area contributed by atoms with Crippen LogP contribution in [0.5, 0.6) is 0 Å². The Morgan fingerprint density at radius 3 is 2.70 bits per heavy atom. The third-order valence-electron chi connectivity index (χ3n) is 4.31. The van der Waals surface area contributed by atoms with Gasteiger partial charge < -0.3 is 19.5 Å². The lowest BCUT2D eigenvalue weighted by Crippen LogP contribution is -2.33. The van der Waals surface area contributed by atoms with Crippen molar-refractivity contribution in [2.45, 2.75) is 39.1 Å². The Morgan fingerprint density at radius 1 is 1.22 bits per heavy atom. The molecule has 1 amide bonds. The first kappa shape index (κ1) is 16.0. The summed E-state index contributed by atoms with van der Waals surface area (Å²) >= 11 is 0. The summed E-state index contributed by atoms with van der Waals surface area (Å²) in [5.41, 5.74) is 1.64. The Balaban J connectivity index is 1.76. The number of amides is 1. The molecule has 0 aromatic heterocycles. The highest BCUT2D eigenvalue weighted by molar-refractivity contribution is 6.01. The van der Waals surface area contributed by atoms with Crippen molar-refractivity contribution in [3.05, 3.63) is 29.3 Å². The zero-order chi connectivity index (χ0) is 16.6. The Labute approximate surface area is 135 Å². The molecule has 4 atom stereocenters. The summed E-state index contributed by atoms with van der Waals surface area (Å²) < 4.78 is 17.0. The van der Waals surface area contributed by atoms with E-state index in [-0.39, 0.29) is 18.1 Å². The van der Waals surface area contributed by atoms with E-state index in [1.807, 2.05) is 13.0 Å². The number of hydrogen-bond donors (Lipinski definition) is 1. The second kappa shape index (κ2) is 6.29. The fraction of sp³-hybridized carbons (Fsp3) is 0.529. The van der Waals surface area contributed by atoms with E-state index in [1.165, 1.54) is 6.92 Å². The molecule has 1 aromatic carbocycles. The molecule has 0 spiro atoms. The van der Waals surface area contributed by atoms with Crippen molar-refractivity contribution in [1.82, 2.24) is 0 Å². The topological polar surface area (TPSA) is 73.9 Å². The molecule has 6 nitrogen and oxygen atoms in total. The van der Waals surface area contributed by atoms with Gasteiger partial charge in [-0.2, -0.15) is 0 Å². The van der Waals surface area contributed by atoms with Crippen LogP contribution in [-0.2, 0) is 19.0 Å². The van der Waals surface area contributed by atoms with Gasteiger partial charge >= 0.3 is 5.97 Å². The van der Waals surface area contributed by atoms with E-state index in [9.17, 15) is 9.59 Å². The van der Waals surface area contributed by atoms with Crippen molar-refractivity contribution in [3.8, 4) is 0 Å². The van der Waals surface area contributed by atoms with Gasteiger partial charge in [-0.1, -0.05) is 19.1 Å². The Bertz CT molecular complexity index is 629. The van der Waals surface area contributed by atoms with Gasteiger partial charge in [-0.15, -0.1) is 0 Å². The maximum absolute atomic E-state index is 12.5. The third kappa shape index (κ3) is 3.09. The number of anilines is 1. The zero-order valence-electron chi connectivity index (χ0n) is 13.5. The van der Waals surface area contributed by atoms with Crippen molar-refractivity contribution in [3.63, 3.8) is 0 Å². The van der Waals surface area contributed by atoms with E-state index in [0.29, 0.717) is 30.4 Å². The largest absolute Gasteiger partial charge is 0.453 e. The van der Waals surface area contributed by atoms with Gasteiger partial charge in [0, 0.05) is 12.8 Å². The van der Waals surface area contributed by atoms with E-state index in [0.717, 1.165) is 5.56 Å². The predicted octanol–water partition coefficient (Wildman–Crippen LogP) is 1.91. The first-order chi connectivity index (χ1) is 11.0. The monoisotopic (exact) mass is 319 g/mol. The number of nitrogens with one attached hydrogen (secondary N) is 1. The number of esters is 1. The number of carbonyl (C=O) groups is 2. The van der Waals surface area contributed by atoms with E-state index in [2.05, 4.69) is 12.2 Å². The second-order valence-electron chi connectivity index (χ2n) is 6.20. The maximum atomic E-state index is 12.5. The van der Waals surface area contributed by atoms with Crippen LogP contribution in [0, 0.1) is 12.8 Å². The SMILES string of the molecule is CC(=O)Nc1c(C)cccc1C(=O)O[C@@H]1CO[C@@H]2C(C)CO[C@@H]21. The summed E-state index contributed by atoms with van der Waals surface area (Å²) in [5.74, 6) is -0.405.